The third-order valence-electron chi connectivity index (χ3n) is 1.07. The molecule has 0 bridgehead atoms. The SMILES string of the molecule is Sc1cccs1.c1ccncc1. The van der Waals surface area contributed by atoms with E-state index in [-0.39, 0.29) is 0 Å². The van der Waals surface area contributed by atoms with Crippen LogP contribution in [0.3, 0.4) is 0 Å². The summed E-state index contributed by atoms with van der Waals surface area (Å²) in [5, 5.41) is 2.00. The first kappa shape index (κ1) is 9.29. The Bertz CT molecular complexity index is 252. The van der Waals surface area contributed by atoms with Crippen molar-refractivity contribution in [3.63, 3.8) is 0 Å². The summed E-state index contributed by atoms with van der Waals surface area (Å²) in [4.78, 5) is 3.78. The summed E-state index contributed by atoms with van der Waals surface area (Å²) in [6.45, 7) is 0. The Morgan fingerprint density at radius 1 is 1.08 bits per heavy atom. The van der Waals surface area contributed by atoms with E-state index in [2.05, 4.69) is 17.6 Å². The lowest BCUT2D eigenvalue weighted by Crippen LogP contribution is -1.58. The lowest BCUT2D eigenvalue weighted by molar-refractivity contribution is 1.33. The number of hydrogen-bond acceptors (Lipinski definition) is 3. The van der Waals surface area contributed by atoms with Gasteiger partial charge in [-0.2, -0.15) is 0 Å². The molecule has 0 aliphatic carbocycles. The standard InChI is InChI=1S/C5H5N.C4H4S2/c1-2-4-6-5-3-1;5-4-2-1-3-6-4/h1-5H;1-3,5H. The third-order valence-corrected chi connectivity index (χ3v) is 2.21. The Kier molecular flexibility index (Phi) is 4.49. The number of thiophene rings is 1. The smallest absolute Gasteiger partial charge is 0.0567 e. The van der Waals surface area contributed by atoms with Crippen LogP contribution in [0.15, 0.2) is 52.3 Å². The fourth-order valence-corrected chi connectivity index (χ4v) is 1.30. The minimum atomic E-state index is 1.08. The van der Waals surface area contributed by atoms with Gasteiger partial charge in [0, 0.05) is 12.4 Å². The lowest BCUT2D eigenvalue weighted by atomic mass is 10.5. The highest BCUT2D eigenvalue weighted by molar-refractivity contribution is 7.82. The fraction of sp³-hybridized carbons (Fsp3) is 0. The van der Waals surface area contributed by atoms with Crippen molar-refractivity contribution in [2.45, 2.75) is 4.21 Å². The van der Waals surface area contributed by atoms with Crippen LogP contribution in [-0.2, 0) is 0 Å². The quantitative estimate of drug-likeness (QED) is 0.637. The van der Waals surface area contributed by atoms with Crippen molar-refractivity contribution in [2.75, 3.05) is 0 Å². The maximum absolute atomic E-state index is 4.05. The molecule has 0 fully saturated rings. The van der Waals surface area contributed by atoms with Crippen molar-refractivity contribution >= 4 is 24.0 Å². The van der Waals surface area contributed by atoms with Crippen LogP contribution in [0.25, 0.3) is 0 Å². The molecule has 0 atom stereocenters. The highest BCUT2D eigenvalue weighted by Gasteiger charge is 1.75. The predicted octanol–water partition coefficient (Wildman–Crippen LogP) is 3.12. The number of pyridine rings is 1. The van der Waals surface area contributed by atoms with Gasteiger partial charge in [0.2, 0.25) is 0 Å². The molecule has 12 heavy (non-hydrogen) atoms. The van der Waals surface area contributed by atoms with Crippen molar-refractivity contribution in [3.8, 4) is 0 Å². The Hall–Kier alpha value is -0.800. The number of nitrogens with zero attached hydrogens (tertiary/aromatic N) is 1. The van der Waals surface area contributed by atoms with E-state index in [4.69, 9.17) is 0 Å². The molecule has 0 saturated heterocycles. The molecule has 0 amide bonds. The van der Waals surface area contributed by atoms with E-state index < -0.39 is 0 Å². The van der Waals surface area contributed by atoms with E-state index >= 15 is 0 Å². The zero-order chi connectivity index (χ0) is 8.65. The van der Waals surface area contributed by atoms with Crippen molar-refractivity contribution in [2.24, 2.45) is 0 Å². The number of aromatic nitrogens is 1. The maximum atomic E-state index is 4.05. The molecule has 0 N–H and O–H groups in total. The van der Waals surface area contributed by atoms with Gasteiger partial charge in [-0.15, -0.1) is 24.0 Å². The van der Waals surface area contributed by atoms with Crippen LogP contribution >= 0.6 is 24.0 Å². The molecule has 0 aliphatic heterocycles. The van der Waals surface area contributed by atoms with Gasteiger partial charge in [0.15, 0.2) is 0 Å². The van der Waals surface area contributed by atoms with E-state index in [0.29, 0.717) is 0 Å². The monoisotopic (exact) mass is 195 g/mol. The average molecular weight is 195 g/mol. The van der Waals surface area contributed by atoms with Crippen LogP contribution in [0.2, 0.25) is 0 Å². The summed E-state index contributed by atoms with van der Waals surface area (Å²) in [5.41, 5.74) is 0. The second-order valence-corrected chi connectivity index (χ2v) is 3.71. The van der Waals surface area contributed by atoms with E-state index in [0.717, 1.165) is 4.21 Å². The lowest BCUT2D eigenvalue weighted by Gasteiger charge is -1.70. The summed E-state index contributed by atoms with van der Waals surface area (Å²) >= 11 is 5.70. The molecule has 0 spiro atoms. The predicted molar refractivity (Wildman–Crippen MR) is 55.8 cm³/mol. The topological polar surface area (TPSA) is 12.9 Å². The van der Waals surface area contributed by atoms with Gasteiger partial charge in [-0.3, -0.25) is 4.98 Å². The van der Waals surface area contributed by atoms with E-state index in [9.17, 15) is 0 Å². The molecule has 0 aromatic carbocycles. The van der Waals surface area contributed by atoms with Gasteiger partial charge in [-0.05, 0) is 23.6 Å². The molecular weight excluding hydrogens is 186 g/mol. The summed E-state index contributed by atoms with van der Waals surface area (Å²) in [6.07, 6.45) is 3.50. The van der Waals surface area contributed by atoms with Crippen LogP contribution in [0, 0.1) is 0 Å². The largest absolute Gasteiger partial charge is 0.265 e. The Morgan fingerprint density at radius 3 is 2.00 bits per heavy atom. The first-order valence-corrected chi connectivity index (χ1v) is 4.80. The molecule has 62 valence electrons. The second-order valence-electron chi connectivity index (χ2n) is 1.98. The van der Waals surface area contributed by atoms with Crippen LogP contribution in [0.5, 0.6) is 0 Å². The van der Waals surface area contributed by atoms with Crippen molar-refractivity contribution in [1.82, 2.24) is 4.98 Å². The zero-order valence-electron chi connectivity index (χ0n) is 6.42. The number of thiol groups is 1. The molecule has 0 saturated carbocycles. The van der Waals surface area contributed by atoms with Crippen LogP contribution in [0.4, 0.5) is 0 Å². The molecule has 0 radical (unpaired) electrons. The molecule has 0 unspecified atom stereocenters. The Balaban J connectivity index is 0.000000120. The van der Waals surface area contributed by atoms with Crippen molar-refractivity contribution in [3.05, 3.63) is 48.1 Å². The number of hydrogen-bond donors (Lipinski definition) is 1. The summed E-state index contributed by atoms with van der Waals surface area (Å²) in [6, 6.07) is 9.66. The second kappa shape index (κ2) is 5.80. The average Bonchev–Trinajstić information content (AvgIpc) is 2.60. The van der Waals surface area contributed by atoms with Crippen LogP contribution < -0.4 is 0 Å². The highest BCUT2D eigenvalue weighted by atomic mass is 32.2. The summed E-state index contributed by atoms with van der Waals surface area (Å²) in [7, 11) is 0. The number of rotatable bonds is 0. The van der Waals surface area contributed by atoms with E-state index in [1.165, 1.54) is 0 Å². The van der Waals surface area contributed by atoms with Crippen LogP contribution in [0.1, 0.15) is 0 Å². The minimum absolute atomic E-state index is 1.08. The Morgan fingerprint density at radius 2 is 1.83 bits per heavy atom. The normalized spacial score (nSPS) is 8.42. The van der Waals surface area contributed by atoms with Crippen LogP contribution in [-0.4, -0.2) is 4.98 Å². The summed E-state index contributed by atoms with van der Waals surface area (Å²) in [5.74, 6) is 0. The first-order valence-electron chi connectivity index (χ1n) is 3.47. The first-order chi connectivity index (χ1) is 5.89. The molecule has 1 nitrogen and oxygen atoms in total. The molecule has 0 aliphatic rings. The van der Waals surface area contributed by atoms with E-state index in [1.54, 1.807) is 23.7 Å². The molecule has 2 heterocycles. The van der Waals surface area contributed by atoms with Gasteiger partial charge in [-0.25, -0.2) is 0 Å². The van der Waals surface area contributed by atoms with Gasteiger partial charge in [0.1, 0.15) is 0 Å². The van der Waals surface area contributed by atoms with Crippen molar-refractivity contribution in [1.29, 1.82) is 0 Å². The molecule has 2 aromatic rings. The van der Waals surface area contributed by atoms with E-state index in [1.807, 2.05) is 35.7 Å². The maximum Gasteiger partial charge on any atom is 0.0567 e. The van der Waals surface area contributed by atoms with Gasteiger partial charge in [0.05, 0.1) is 4.21 Å². The van der Waals surface area contributed by atoms with Gasteiger partial charge in [-0.1, -0.05) is 12.1 Å². The van der Waals surface area contributed by atoms with Crippen molar-refractivity contribution < 1.29 is 0 Å². The highest BCUT2D eigenvalue weighted by Crippen LogP contribution is 2.11. The zero-order valence-corrected chi connectivity index (χ0v) is 8.13. The molecule has 2 rings (SSSR count). The summed E-state index contributed by atoms with van der Waals surface area (Å²) < 4.78 is 1.08. The minimum Gasteiger partial charge on any atom is -0.265 e. The van der Waals surface area contributed by atoms with Gasteiger partial charge < -0.3 is 0 Å². The molecule has 3 heteroatoms. The fourth-order valence-electron chi connectivity index (χ4n) is 0.582. The van der Waals surface area contributed by atoms with Gasteiger partial charge >= 0.3 is 0 Å². The third kappa shape index (κ3) is 4.16. The molecular formula is C9H9NS2. The van der Waals surface area contributed by atoms with Gasteiger partial charge in [0.25, 0.3) is 0 Å². The molecule has 2 aromatic heterocycles. The Labute approximate surface area is 81.5 Å².